The summed E-state index contributed by atoms with van der Waals surface area (Å²) in [7, 11) is 0. The van der Waals surface area contributed by atoms with Crippen LogP contribution in [-0.2, 0) is 22.4 Å². The maximum atomic E-state index is 12.4. The third-order valence-electron chi connectivity index (χ3n) is 4.74. The van der Waals surface area contributed by atoms with E-state index in [1.165, 1.54) is 16.7 Å². The van der Waals surface area contributed by atoms with E-state index in [1.54, 1.807) is 4.90 Å². The van der Waals surface area contributed by atoms with Crippen molar-refractivity contribution in [2.45, 2.75) is 32.6 Å². The molecule has 0 fully saturated rings. The molecule has 4 heteroatoms. The van der Waals surface area contributed by atoms with Gasteiger partial charge in [0.2, 0.25) is 11.8 Å². The molecule has 0 aromatic heterocycles. The van der Waals surface area contributed by atoms with E-state index in [1.807, 2.05) is 36.4 Å². The molecular formula is C21H24N2O2. The molecule has 0 saturated heterocycles. The summed E-state index contributed by atoms with van der Waals surface area (Å²) in [6, 6.07) is 16.2. The molecule has 2 amide bonds. The number of fused-ring (bicyclic) bond motifs is 1. The van der Waals surface area contributed by atoms with Crippen LogP contribution < -0.4 is 10.2 Å². The van der Waals surface area contributed by atoms with Crippen LogP contribution in [0.15, 0.2) is 48.5 Å². The maximum absolute atomic E-state index is 12.4. The summed E-state index contributed by atoms with van der Waals surface area (Å²) < 4.78 is 0. The molecule has 4 nitrogen and oxygen atoms in total. The van der Waals surface area contributed by atoms with Crippen molar-refractivity contribution in [3.63, 3.8) is 0 Å². The van der Waals surface area contributed by atoms with Gasteiger partial charge in [-0.1, -0.05) is 42.5 Å². The molecule has 1 heterocycles. The number of carbonyl (C=O) groups excluding carboxylic acids is 2. The van der Waals surface area contributed by atoms with Gasteiger partial charge in [-0.25, -0.2) is 0 Å². The van der Waals surface area contributed by atoms with E-state index in [-0.39, 0.29) is 18.4 Å². The van der Waals surface area contributed by atoms with E-state index in [4.69, 9.17) is 0 Å². The Morgan fingerprint density at radius 2 is 1.84 bits per heavy atom. The lowest BCUT2D eigenvalue weighted by molar-refractivity contribution is -0.125. The van der Waals surface area contributed by atoms with Crippen LogP contribution in [0.3, 0.4) is 0 Å². The van der Waals surface area contributed by atoms with Crippen molar-refractivity contribution < 1.29 is 9.59 Å². The Kier molecular flexibility index (Phi) is 5.49. The van der Waals surface area contributed by atoms with Crippen LogP contribution in [-0.4, -0.2) is 24.9 Å². The molecule has 25 heavy (non-hydrogen) atoms. The highest BCUT2D eigenvalue weighted by Crippen LogP contribution is 2.27. The third-order valence-corrected chi connectivity index (χ3v) is 4.74. The number of para-hydroxylation sites is 1. The van der Waals surface area contributed by atoms with Gasteiger partial charge in [-0.05, 0) is 48.9 Å². The number of amides is 2. The minimum Gasteiger partial charge on any atom is -0.347 e. The molecule has 1 aliphatic rings. The average Bonchev–Trinajstić information content (AvgIpc) is 3.05. The zero-order chi connectivity index (χ0) is 17.6. The molecule has 0 bridgehead atoms. The van der Waals surface area contributed by atoms with Crippen LogP contribution in [0.2, 0.25) is 0 Å². The Morgan fingerprint density at radius 3 is 2.68 bits per heavy atom. The van der Waals surface area contributed by atoms with Gasteiger partial charge in [0.05, 0.1) is 6.54 Å². The van der Waals surface area contributed by atoms with Crippen molar-refractivity contribution in [1.82, 2.24) is 5.32 Å². The first-order valence-electron chi connectivity index (χ1n) is 8.84. The number of anilines is 1. The van der Waals surface area contributed by atoms with Gasteiger partial charge in [-0.15, -0.1) is 0 Å². The van der Waals surface area contributed by atoms with Crippen molar-refractivity contribution in [2.24, 2.45) is 0 Å². The number of carbonyl (C=O) groups is 2. The minimum atomic E-state index is -0.0607. The molecule has 2 aromatic rings. The first-order chi connectivity index (χ1) is 12.1. The molecule has 1 N–H and O–H groups in total. The predicted molar refractivity (Wildman–Crippen MR) is 99.6 cm³/mol. The molecule has 1 aliphatic heterocycles. The number of benzene rings is 2. The van der Waals surface area contributed by atoms with E-state index < -0.39 is 0 Å². The standard InChI is InChI=1S/C21H24N2O2/c1-16-7-2-3-8-17(16)10-6-12-20(24)22-15-21(25)23-14-13-18-9-4-5-11-19(18)23/h2-5,7-9,11H,6,10,12-15H2,1H3,(H,22,24). The van der Waals surface area contributed by atoms with E-state index >= 15 is 0 Å². The summed E-state index contributed by atoms with van der Waals surface area (Å²) in [4.78, 5) is 26.1. The number of aryl methyl sites for hydroxylation is 2. The summed E-state index contributed by atoms with van der Waals surface area (Å²) >= 11 is 0. The lowest BCUT2D eigenvalue weighted by atomic mass is 10.0. The van der Waals surface area contributed by atoms with Gasteiger partial charge >= 0.3 is 0 Å². The molecule has 0 radical (unpaired) electrons. The predicted octanol–water partition coefficient (Wildman–Crippen LogP) is 3.02. The Balaban J connectivity index is 1.42. The van der Waals surface area contributed by atoms with E-state index in [2.05, 4.69) is 24.4 Å². The van der Waals surface area contributed by atoms with Crippen LogP contribution in [0.1, 0.15) is 29.5 Å². The summed E-state index contributed by atoms with van der Waals surface area (Å²) in [6.07, 6.45) is 3.00. The van der Waals surface area contributed by atoms with Gasteiger partial charge in [0.15, 0.2) is 0 Å². The lowest BCUT2D eigenvalue weighted by Crippen LogP contribution is -2.39. The first kappa shape index (κ1) is 17.2. The monoisotopic (exact) mass is 336 g/mol. The molecule has 2 aromatic carbocycles. The molecule has 0 atom stereocenters. The highest BCUT2D eigenvalue weighted by molar-refractivity contribution is 5.98. The quantitative estimate of drug-likeness (QED) is 0.881. The molecule has 0 spiro atoms. The lowest BCUT2D eigenvalue weighted by Gasteiger charge is -2.17. The minimum absolute atomic E-state index is 0.0443. The Hall–Kier alpha value is -2.62. The largest absolute Gasteiger partial charge is 0.347 e. The van der Waals surface area contributed by atoms with Crippen molar-refractivity contribution in [2.75, 3.05) is 18.0 Å². The van der Waals surface area contributed by atoms with Crippen molar-refractivity contribution in [1.29, 1.82) is 0 Å². The highest BCUT2D eigenvalue weighted by Gasteiger charge is 2.23. The summed E-state index contributed by atoms with van der Waals surface area (Å²) in [5, 5.41) is 2.76. The Bertz CT molecular complexity index is 770. The van der Waals surface area contributed by atoms with Crippen LogP contribution in [0.5, 0.6) is 0 Å². The van der Waals surface area contributed by atoms with Gasteiger partial charge in [-0.2, -0.15) is 0 Å². The third kappa shape index (κ3) is 4.27. The second kappa shape index (κ2) is 7.97. The zero-order valence-electron chi connectivity index (χ0n) is 14.6. The van der Waals surface area contributed by atoms with Crippen LogP contribution in [0, 0.1) is 6.92 Å². The van der Waals surface area contributed by atoms with E-state index in [0.29, 0.717) is 13.0 Å². The van der Waals surface area contributed by atoms with Gasteiger partial charge in [0.25, 0.3) is 0 Å². The fourth-order valence-corrected chi connectivity index (χ4v) is 3.29. The smallest absolute Gasteiger partial charge is 0.246 e. The summed E-state index contributed by atoms with van der Waals surface area (Å²) in [5.74, 6) is -0.105. The molecule has 3 rings (SSSR count). The SMILES string of the molecule is Cc1ccccc1CCCC(=O)NCC(=O)N1CCc2ccccc21. The van der Waals surface area contributed by atoms with Crippen molar-refractivity contribution in [3.8, 4) is 0 Å². The number of hydrogen-bond acceptors (Lipinski definition) is 2. The maximum Gasteiger partial charge on any atom is 0.246 e. The van der Waals surface area contributed by atoms with E-state index in [0.717, 1.165) is 24.9 Å². The average molecular weight is 336 g/mol. The van der Waals surface area contributed by atoms with Gasteiger partial charge in [-0.3, -0.25) is 9.59 Å². The number of nitrogens with zero attached hydrogens (tertiary/aromatic N) is 1. The second-order valence-corrected chi connectivity index (χ2v) is 6.48. The van der Waals surface area contributed by atoms with Gasteiger partial charge in [0.1, 0.15) is 0 Å². The van der Waals surface area contributed by atoms with Crippen LogP contribution in [0.4, 0.5) is 5.69 Å². The Labute approximate surface area is 148 Å². The van der Waals surface area contributed by atoms with Gasteiger partial charge < -0.3 is 10.2 Å². The highest BCUT2D eigenvalue weighted by atomic mass is 16.2. The number of nitrogens with one attached hydrogen (secondary N) is 1. The van der Waals surface area contributed by atoms with Crippen LogP contribution in [0.25, 0.3) is 0 Å². The van der Waals surface area contributed by atoms with E-state index in [9.17, 15) is 9.59 Å². The van der Waals surface area contributed by atoms with Gasteiger partial charge in [0, 0.05) is 18.7 Å². The fraction of sp³-hybridized carbons (Fsp3) is 0.333. The molecule has 0 aliphatic carbocycles. The van der Waals surface area contributed by atoms with Crippen molar-refractivity contribution in [3.05, 3.63) is 65.2 Å². The first-order valence-corrected chi connectivity index (χ1v) is 8.84. The summed E-state index contributed by atoms with van der Waals surface area (Å²) in [6.45, 7) is 2.85. The zero-order valence-corrected chi connectivity index (χ0v) is 14.6. The number of hydrogen-bond donors (Lipinski definition) is 1. The molecule has 0 unspecified atom stereocenters. The second-order valence-electron chi connectivity index (χ2n) is 6.48. The normalized spacial score (nSPS) is 12.8. The molecule has 0 saturated carbocycles. The number of rotatable bonds is 6. The molecule has 130 valence electrons. The molecular weight excluding hydrogens is 312 g/mol. The topological polar surface area (TPSA) is 49.4 Å². The Morgan fingerprint density at radius 1 is 1.08 bits per heavy atom. The van der Waals surface area contributed by atoms with Crippen molar-refractivity contribution >= 4 is 17.5 Å². The fourth-order valence-electron chi connectivity index (χ4n) is 3.29. The summed E-state index contributed by atoms with van der Waals surface area (Å²) in [5.41, 5.74) is 4.70. The van der Waals surface area contributed by atoms with Crippen LogP contribution >= 0.6 is 0 Å².